The number of aliphatic hydroxyl groups is 1. The number of H-pyrrole nitrogens is 1. The number of piperazine rings is 1. The Morgan fingerprint density at radius 1 is 1.09 bits per heavy atom. The zero-order valence-electron chi connectivity index (χ0n) is 17.5. The highest BCUT2D eigenvalue weighted by molar-refractivity contribution is 6.45. The van der Waals surface area contributed by atoms with Crippen LogP contribution in [0.4, 0.5) is 5.69 Å². The van der Waals surface area contributed by atoms with Crippen LogP contribution in [0.15, 0.2) is 24.5 Å². The van der Waals surface area contributed by atoms with Crippen molar-refractivity contribution in [1.82, 2.24) is 24.8 Å². The Bertz CT molecular complexity index is 1140. The van der Waals surface area contributed by atoms with Crippen molar-refractivity contribution in [3.63, 3.8) is 0 Å². The number of halogens is 2. The minimum atomic E-state index is -0.177. The van der Waals surface area contributed by atoms with Gasteiger partial charge in [-0.05, 0) is 6.07 Å². The average Bonchev–Trinajstić information content (AvgIpc) is 3.20. The Morgan fingerprint density at radius 3 is 2.56 bits per heavy atom. The second kappa shape index (κ2) is 8.86. The monoisotopic (exact) mass is 474 g/mol. The van der Waals surface area contributed by atoms with E-state index in [1.54, 1.807) is 23.4 Å². The number of hydrogen-bond acceptors (Lipinski definition) is 6. The highest BCUT2D eigenvalue weighted by Crippen LogP contribution is 2.35. The van der Waals surface area contributed by atoms with E-state index < -0.39 is 0 Å². The van der Waals surface area contributed by atoms with Gasteiger partial charge >= 0.3 is 0 Å². The molecule has 168 valence electrons. The predicted molar refractivity (Wildman–Crippen MR) is 125 cm³/mol. The van der Waals surface area contributed by atoms with Gasteiger partial charge in [-0.2, -0.15) is 0 Å². The molecule has 2 N–H and O–H groups in total. The first kappa shape index (κ1) is 21.5. The minimum absolute atomic E-state index is 0.177. The van der Waals surface area contributed by atoms with Gasteiger partial charge in [-0.15, -0.1) is 0 Å². The Balaban J connectivity index is 1.29. The summed E-state index contributed by atoms with van der Waals surface area (Å²) in [7, 11) is 0. The number of carbonyl (C=O) groups excluding carboxylic acids is 1. The zero-order chi connectivity index (χ0) is 22.2. The number of fused-ring (bicyclic) bond motifs is 3. The van der Waals surface area contributed by atoms with E-state index in [9.17, 15) is 4.79 Å². The minimum Gasteiger partial charge on any atom is -0.395 e. The van der Waals surface area contributed by atoms with Crippen LogP contribution in [0.5, 0.6) is 0 Å². The quantitative estimate of drug-likeness (QED) is 0.603. The number of aromatic nitrogens is 3. The third kappa shape index (κ3) is 3.92. The van der Waals surface area contributed by atoms with Gasteiger partial charge in [0.1, 0.15) is 0 Å². The van der Waals surface area contributed by atoms with Crippen LogP contribution in [0, 0.1) is 0 Å². The lowest BCUT2D eigenvalue weighted by Gasteiger charge is -2.35. The summed E-state index contributed by atoms with van der Waals surface area (Å²) in [5.41, 5.74) is 3.88. The molecule has 1 amide bonds. The summed E-state index contributed by atoms with van der Waals surface area (Å²) in [4.78, 5) is 31.4. The highest BCUT2D eigenvalue weighted by atomic mass is 35.5. The number of benzene rings is 1. The maximum atomic E-state index is 13.1. The standard InChI is InChI=1S/C22H24Cl2N6O2/c23-17-2-1-15-16-13-30(4-3-18(16)27-20(15)19(17)24)22(32)21-25-11-14(12-26-21)29-7-5-28(6-8-29)9-10-31/h1-2,11-12,27,31H,3-10,13H2. The van der Waals surface area contributed by atoms with Gasteiger partial charge < -0.3 is 19.9 Å². The molecule has 1 fully saturated rings. The smallest absolute Gasteiger partial charge is 0.291 e. The molecular formula is C22H24Cl2N6O2. The molecule has 0 radical (unpaired) electrons. The second-order valence-electron chi connectivity index (χ2n) is 8.16. The topological polar surface area (TPSA) is 88.6 Å². The molecule has 10 heteroatoms. The van der Waals surface area contributed by atoms with Crippen LogP contribution in [0.3, 0.4) is 0 Å². The average molecular weight is 475 g/mol. The number of amides is 1. The first-order valence-corrected chi connectivity index (χ1v) is 11.5. The van der Waals surface area contributed by atoms with Crippen molar-refractivity contribution in [2.24, 2.45) is 0 Å². The Hall–Kier alpha value is -2.39. The summed E-state index contributed by atoms with van der Waals surface area (Å²) in [6.45, 7) is 5.40. The van der Waals surface area contributed by atoms with Gasteiger partial charge in [-0.1, -0.05) is 29.3 Å². The molecule has 8 nitrogen and oxygen atoms in total. The van der Waals surface area contributed by atoms with E-state index >= 15 is 0 Å². The van der Waals surface area contributed by atoms with Gasteiger partial charge in [-0.25, -0.2) is 9.97 Å². The zero-order valence-corrected chi connectivity index (χ0v) is 19.0. The molecule has 1 aromatic carbocycles. The Labute approximate surface area is 195 Å². The molecule has 0 aliphatic carbocycles. The van der Waals surface area contributed by atoms with Gasteiger partial charge in [0.2, 0.25) is 5.82 Å². The van der Waals surface area contributed by atoms with E-state index in [0.29, 0.717) is 36.1 Å². The van der Waals surface area contributed by atoms with Crippen LogP contribution in [-0.4, -0.2) is 81.6 Å². The molecule has 0 saturated carbocycles. The number of hydrogen-bond donors (Lipinski definition) is 2. The summed E-state index contributed by atoms with van der Waals surface area (Å²) < 4.78 is 0. The summed E-state index contributed by atoms with van der Waals surface area (Å²) in [5, 5.41) is 11.1. The van der Waals surface area contributed by atoms with Gasteiger partial charge in [0.25, 0.3) is 5.91 Å². The van der Waals surface area contributed by atoms with Crippen molar-refractivity contribution in [2.45, 2.75) is 13.0 Å². The number of aromatic amines is 1. The summed E-state index contributed by atoms with van der Waals surface area (Å²) in [6.07, 6.45) is 4.16. The van der Waals surface area contributed by atoms with Crippen molar-refractivity contribution < 1.29 is 9.90 Å². The van der Waals surface area contributed by atoms with E-state index in [2.05, 4.69) is 24.8 Å². The number of anilines is 1. The molecule has 3 aromatic rings. The van der Waals surface area contributed by atoms with Crippen LogP contribution in [-0.2, 0) is 13.0 Å². The second-order valence-corrected chi connectivity index (χ2v) is 8.95. The fraction of sp³-hybridized carbons (Fsp3) is 0.409. The van der Waals surface area contributed by atoms with Crippen LogP contribution in [0.25, 0.3) is 10.9 Å². The van der Waals surface area contributed by atoms with Crippen molar-refractivity contribution in [3.8, 4) is 0 Å². The Morgan fingerprint density at radius 2 is 1.84 bits per heavy atom. The highest BCUT2D eigenvalue weighted by Gasteiger charge is 2.27. The van der Waals surface area contributed by atoms with Crippen LogP contribution >= 0.6 is 23.2 Å². The maximum Gasteiger partial charge on any atom is 0.291 e. The number of β-amino-alcohol motifs (C(OH)–C–C–N with tert-alkyl or cyclic N) is 1. The fourth-order valence-corrected chi connectivity index (χ4v) is 4.87. The van der Waals surface area contributed by atoms with Gasteiger partial charge in [0.15, 0.2) is 0 Å². The van der Waals surface area contributed by atoms with E-state index in [0.717, 1.165) is 54.0 Å². The van der Waals surface area contributed by atoms with Crippen LogP contribution < -0.4 is 4.90 Å². The lowest BCUT2D eigenvalue weighted by molar-refractivity contribution is 0.0722. The number of aliphatic hydroxyl groups excluding tert-OH is 1. The van der Waals surface area contributed by atoms with Crippen molar-refractivity contribution in [2.75, 3.05) is 50.8 Å². The molecule has 0 unspecified atom stereocenters. The summed E-state index contributed by atoms with van der Waals surface area (Å²) >= 11 is 12.5. The predicted octanol–water partition coefficient (Wildman–Crippen LogP) is 2.58. The molecule has 2 aliphatic rings. The SMILES string of the molecule is O=C(c1ncc(N2CCN(CCO)CC2)cn1)N1CCc2[nH]c3c(Cl)c(Cl)ccc3c2C1. The lowest BCUT2D eigenvalue weighted by Crippen LogP contribution is -2.47. The van der Waals surface area contributed by atoms with E-state index in [1.807, 2.05) is 6.07 Å². The summed E-state index contributed by atoms with van der Waals surface area (Å²) in [6, 6.07) is 3.73. The third-order valence-corrected chi connectivity index (χ3v) is 7.12. The van der Waals surface area contributed by atoms with Crippen molar-refractivity contribution in [3.05, 3.63) is 51.7 Å². The fourth-order valence-electron chi connectivity index (χ4n) is 4.50. The molecule has 32 heavy (non-hydrogen) atoms. The molecule has 5 rings (SSSR count). The van der Waals surface area contributed by atoms with Crippen LogP contribution in [0.1, 0.15) is 21.9 Å². The number of rotatable bonds is 4. The summed E-state index contributed by atoms with van der Waals surface area (Å²) in [5.74, 6) is 0.0291. The van der Waals surface area contributed by atoms with Crippen molar-refractivity contribution in [1.29, 1.82) is 0 Å². The third-order valence-electron chi connectivity index (χ3n) is 6.31. The molecule has 4 heterocycles. The largest absolute Gasteiger partial charge is 0.395 e. The molecule has 1 saturated heterocycles. The first-order chi connectivity index (χ1) is 15.5. The molecule has 0 atom stereocenters. The first-order valence-electron chi connectivity index (χ1n) is 10.7. The molecule has 2 aromatic heterocycles. The van der Waals surface area contributed by atoms with E-state index in [4.69, 9.17) is 28.3 Å². The Kier molecular flexibility index (Phi) is 5.94. The van der Waals surface area contributed by atoms with Crippen LogP contribution in [0.2, 0.25) is 10.0 Å². The molecule has 0 bridgehead atoms. The van der Waals surface area contributed by atoms with Crippen molar-refractivity contribution >= 4 is 45.7 Å². The van der Waals surface area contributed by atoms with E-state index in [-0.39, 0.29) is 18.3 Å². The molecule has 2 aliphatic heterocycles. The number of carbonyl (C=O) groups is 1. The van der Waals surface area contributed by atoms with Gasteiger partial charge in [-0.3, -0.25) is 9.69 Å². The van der Waals surface area contributed by atoms with Gasteiger partial charge in [0, 0.05) is 68.9 Å². The number of nitrogens with one attached hydrogen (secondary N) is 1. The molecule has 0 spiro atoms. The van der Waals surface area contributed by atoms with Gasteiger partial charge in [0.05, 0.1) is 40.2 Å². The normalized spacial score (nSPS) is 17.1. The number of nitrogens with zero attached hydrogens (tertiary/aromatic N) is 5. The van der Waals surface area contributed by atoms with E-state index in [1.165, 1.54) is 0 Å². The maximum absolute atomic E-state index is 13.1. The molecular weight excluding hydrogens is 451 g/mol. The lowest BCUT2D eigenvalue weighted by atomic mass is 10.0.